The van der Waals surface area contributed by atoms with Crippen molar-refractivity contribution < 1.29 is 13.9 Å². The van der Waals surface area contributed by atoms with Gasteiger partial charge in [0.25, 0.3) is 0 Å². The van der Waals surface area contributed by atoms with E-state index >= 15 is 0 Å². The van der Waals surface area contributed by atoms with Crippen molar-refractivity contribution in [2.24, 2.45) is 29.6 Å². The maximum Gasteiger partial charge on any atom is 0.309 e. The lowest BCUT2D eigenvalue weighted by Crippen LogP contribution is -2.35. The Bertz CT molecular complexity index is 999. The highest BCUT2D eigenvalue weighted by atomic mass is 19.1. The number of hydrogen-bond acceptors (Lipinski definition) is 3. The van der Waals surface area contributed by atoms with E-state index in [0.717, 1.165) is 48.9 Å². The van der Waals surface area contributed by atoms with Gasteiger partial charge in [-0.15, -0.1) is 6.58 Å². The highest BCUT2D eigenvalue weighted by Gasteiger charge is 2.49. The molecule has 2 heterocycles. The van der Waals surface area contributed by atoms with E-state index < -0.39 is 0 Å². The molecule has 6 atom stereocenters. The van der Waals surface area contributed by atoms with Crippen molar-refractivity contribution in [2.45, 2.75) is 52.1 Å². The van der Waals surface area contributed by atoms with Gasteiger partial charge in [0.2, 0.25) is 0 Å². The van der Waals surface area contributed by atoms with Crippen LogP contribution in [-0.2, 0) is 9.53 Å². The molecule has 4 heteroatoms. The molecule has 1 unspecified atom stereocenters. The number of carbonyl (C=O) groups is 1. The molecule has 1 saturated carbocycles. The van der Waals surface area contributed by atoms with E-state index in [9.17, 15) is 9.18 Å². The summed E-state index contributed by atoms with van der Waals surface area (Å²) in [6.45, 7) is 8.27. The number of aromatic nitrogens is 1. The molecule has 1 aliphatic heterocycles. The summed E-state index contributed by atoms with van der Waals surface area (Å²) in [5.41, 5.74) is 2.57. The first-order valence-corrected chi connectivity index (χ1v) is 12.2. The Morgan fingerprint density at radius 1 is 1.24 bits per heavy atom. The zero-order valence-electron chi connectivity index (χ0n) is 19.6. The van der Waals surface area contributed by atoms with E-state index in [1.54, 1.807) is 12.3 Å². The third-order valence-electron chi connectivity index (χ3n) is 7.39. The van der Waals surface area contributed by atoms with Crippen LogP contribution in [0.1, 0.15) is 51.6 Å². The second-order valence-electron chi connectivity index (χ2n) is 9.69. The van der Waals surface area contributed by atoms with Crippen molar-refractivity contribution in [3.63, 3.8) is 0 Å². The second kappa shape index (κ2) is 10.5. The summed E-state index contributed by atoms with van der Waals surface area (Å²) in [6.07, 6.45) is 13.5. The van der Waals surface area contributed by atoms with Crippen LogP contribution in [0.5, 0.6) is 0 Å². The van der Waals surface area contributed by atoms with Gasteiger partial charge < -0.3 is 4.74 Å². The van der Waals surface area contributed by atoms with E-state index in [-0.39, 0.29) is 35.6 Å². The number of rotatable bonds is 8. The topological polar surface area (TPSA) is 39.2 Å². The molecule has 0 radical (unpaired) electrons. The lowest BCUT2D eigenvalue weighted by molar-refractivity contribution is -0.144. The molecule has 1 saturated heterocycles. The number of ether oxygens (including phenoxy) is 1. The number of carbonyl (C=O) groups excluding carboxylic acids is 1. The minimum atomic E-state index is -0.252. The number of allylic oxidation sites excluding steroid dienone is 2. The van der Waals surface area contributed by atoms with Crippen molar-refractivity contribution in [1.82, 2.24) is 4.98 Å². The van der Waals surface area contributed by atoms with Gasteiger partial charge in [-0.3, -0.25) is 9.78 Å². The molecule has 2 fully saturated rings. The monoisotopic (exact) mass is 447 g/mol. The summed E-state index contributed by atoms with van der Waals surface area (Å²) in [6, 6.07) is 10.5. The van der Waals surface area contributed by atoms with Crippen molar-refractivity contribution in [1.29, 1.82) is 0 Å². The van der Waals surface area contributed by atoms with Crippen molar-refractivity contribution in [2.75, 3.05) is 0 Å². The van der Waals surface area contributed by atoms with Crippen LogP contribution in [0, 0.1) is 35.4 Å². The van der Waals surface area contributed by atoms with Crippen LogP contribution in [0.3, 0.4) is 0 Å². The van der Waals surface area contributed by atoms with Gasteiger partial charge in [-0.25, -0.2) is 4.39 Å². The fraction of sp³-hybridized carbons (Fsp3) is 0.448. The predicted octanol–water partition coefficient (Wildman–Crippen LogP) is 7.10. The minimum Gasteiger partial charge on any atom is -0.462 e. The van der Waals surface area contributed by atoms with Gasteiger partial charge in [-0.2, -0.15) is 0 Å². The number of nitrogens with zero attached hydrogens (tertiary/aromatic N) is 1. The standard InChI is InChI=1S/C29H34FNO2/c1-4-7-20(5-2)14-21-15-23(28-19(3)33-29(32)27(28)16-21)10-12-26-13-11-24(18-31-26)22-8-6-9-25(30)17-22/h5-6,8-13,17-21,23,27-28H,2,4,7,14-16H2,1,3H3/b12-10+/t19-,20?,21-,23+,27-,28+/m1/s1. The molecule has 0 amide bonds. The smallest absolute Gasteiger partial charge is 0.309 e. The highest BCUT2D eigenvalue weighted by Crippen LogP contribution is 2.48. The zero-order valence-corrected chi connectivity index (χ0v) is 19.6. The van der Waals surface area contributed by atoms with E-state index in [2.05, 4.69) is 36.7 Å². The van der Waals surface area contributed by atoms with Crippen molar-refractivity contribution in [3.05, 3.63) is 72.8 Å². The molecule has 2 aromatic rings. The van der Waals surface area contributed by atoms with Crippen LogP contribution in [-0.4, -0.2) is 17.1 Å². The Hall–Kier alpha value is -2.75. The molecule has 2 aliphatic rings. The molecule has 0 bridgehead atoms. The first-order valence-electron chi connectivity index (χ1n) is 12.2. The first-order chi connectivity index (χ1) is 16.0. The third-order valence-corrected chi connectivity index (χ3v) is 7.39. The lowest BCUT2D eigenvalue weighted by atomic mass is 9.65. The molecule has 1 aromatic heterocycles. The summed E-state index contributed by atoms with van der Waals surface area (Å²) in [5, 5.41) is 0. The van der Waals surface area contributed by atoms with Crippen LogP contribution in [0.15, 0.2) is 61.3 Å². The quantitative estimate of drug-likeness (QED) is 0.320. The fourth-order valence-electron chi connectivity index (χ4n) is 5.83. The number of pyridine rings is 1. The van der Waals surface area contributed by atoms with Gasteiger partial charge in [0.15, 0.2) is 0 Å². The average Bonchev–Trinajstić information content (AvgIpc) is 3.11. The largest absolute Gasteiger partial charge is 0.462 e. The van der Waals surface area contributed by atoms with Gasteiger partial charge in [0.05, 0.1) is 11.6 Å². The van der Waals surface area contributed by atoms with Crippen LogP contribution in [0.4, 0.5) is 4.39 Å². The zero-order chi connectivity index (χ0) is 23.4. The lowest BCUT2D eigenvalue weighted by Gasteiger charge is -2.37. The van der Waals surface area contributed by atoms with Gasteiger partial charge in [0.1, 0.15) is 11.9 Å². The van der Waals surface area contributed by atoms with Crippen LogP contribution >= 0.6 is 0 Å². The molecular formula is C29H34FNO2. The summed E-state index contributed by atoms with van der Waals surface area (Å²) in [7, 11) is 0. The maximum absolute atomic E-state index is 13.5. The van der Waals surface area contributed by atoms with E-state index in [1.165, 1.54) is 12.1 Å². The predicted molar refractivity (Wildman–Crippen MR) is 131 cm³/mol. The van der Waals surface area contributed by atoms with Crippen LogP contribution < -0.4 is 0 Å². The average molecular weight is 448 g/mol. The molecule has 1 aliphatic carbocycles. The summed E-state index contributed by atoms with van der Waals surface area (Å²) >= 11 is 0. The molecule has 0 N–H and O–H groups in total. The first kappa shape index (κ1) is 23.4. The number of halogens is 1. The van der Waals surface area contributed by atoms with E-state index in [1.807, 2.05) is 25.1 Å². The summed E-state index contributed by atoms with van der Waals surface area (Å²) < 4.78 is 19.2. The van der Waals surface area contributed by atoms with Crippen LogP contribution in [0.25, 0.3) is 17.2 Å². The SMILES string of the molecule is C=CC(CCC)C[C@@H]1C[C@H](/C=C/c2ccc(-c3cccc(F)c3)cn2)[C@@H]2[C@@H](C)OC(=O)[C@@H]2C1. The Morgan fingerprint density at radius 2 is 2.09 bits per heavy atom. The molecular weight excluding hydrogens is 413 g/mol. The van der Waals surface area contributed by atoms with E-state index in [0.29, 0.717) is 11.8 Å². The van der Waals surface area contributed by atoms with Crippen LogP contribution in [0.2, 0.25) is 0 Å². The minimum absolute atomic E-state index is 0.0104. The molecule has 174 valence electrons. The number of fused-ring (bicyclic) bond motifs is 1. The molecule has 0 spiro atoms. The molecule has 33 heavy (non-hydrogen) atoms. The van der Waals surface area contributed by atoms with E-state index in [4.69, 9.17) is 4.74 Å². The third kappa shape index (κ3) is 5.43. The Morgan fingerprint density at radius 3 is 2.79 bits per heavy atom. The second-order valence-corrected chi connectivity index (χ2v) is 9.69. The summed E-state index contributed by atoms with van der Waals surface area (Å²) in [5.74, 6) is 1.22. The Kier molecular flexibility index (Phi) is 7.42. The Balaban J connectivity index is 1.50. The number of benzene rings is 1. The fourth-order valence-corrected chi connectivity index (χ4v) is 5.83. The molecule has 4 rings (SSSR count). The maximum atomic E-state index is 13.5. The number of hydrogen-bond donors (Lipinski definition) is 0. The number of cyclic esters (lactones) is 1. The molecule has 3 nitrogen and oxygen atoms in total. The summed E-state index contributed by atoms with van der Waals surface area (Å²) in [4.78, 5) is 17.1. The normalized spacial score (nSPS) is 27.8. The van der Waals surface area contributed by atoms with Crippen molar-refractivity contribution >= 4 is 12.0 Å². The van der Waals surface area contributed by atoms with Crippen molar-refractivity contribution in [3.8, 4) is 11.1 Å². The Labute approximate surface area is 196 Å². The number of esters is 1. The molecule has 1 aromatic carbocycles. The van der Waals surface area contributed by atoms with Gasteiger partial charge in [-0.05, 0) is 80.2 Å². The van der Waals surface area contributed by atoms with Gasteiger partial charge >= 0.3 is 5.97 Å². The van der Waals surface area contributed by atoms with Gasteiger partial charge in [-0.1, -0.05) is 43.7 Å². The van der Waals surface area contributed by atoms with Gasteiger partial charge in [0, 0.05) is 17.7 Å². The highest BCUT2D eigenvalue weighted by molar-refractivity contribution is 5.75.